The third kappa shape index (κ3) is 3.57. The SMILES string of the molecule is Cc1ccc(-c2cc(-c3ccc(C)cc3)c(C(=O)c3cccc4ccccc34)[nH]2)cc1. The first-order valence-corrected chi connectivity index (χ1v) is 10.5. The van der Waals surface area contributed by atoms with Gasteiger partial charge in [-0.05, 0) is 41.8 Å². The summed E-state index contributed by atoms with van der Waals surface area (Å²) in [6.07, 6.45) is 0. The Labute approximate surface area is 182 Å². The van der Waals surface area contributed by atoms with Crippen molar-refractivity contribution >= 4 is 16.6 Å². The summed E-state index contributed by atoms with van der Waals surface area (Å²) < 4.78 is 0. The number of hydrogen-bond donors (Lipinski definition) is 1. The van der Waals surface area contributed by atoms with Crippen molar-refractivity contribution < 1.29 is 4.79 Å². The number of aromatic amines is 1. The number of carbonyl (C=O) groups is 1. The number of ketones is 1. The first-order valence-electron chi connectivity index (χ1n) is 10.5. The highest BCUT2D eigenvalue weighted by atomic mass is 16.1. The molecule has 1 heterocycles. The molecule has 0 aliphatic rings. The lowest BCUT2D eigenvalue weighted by molar-refractivity contribution is 0.103. The van der Waals surface area contributed by atoms with E-state index in [1.807, 2.05) is 42.5 Å². The highest BCUT2D eigenvalue weighted by Gasteiger charge is 2.20. The fourth-order valence-corrected chi connectivity index (χ4v) is 4.04. The van der Waals surface area contributed by atoms with Crippen LogP contribution in [0.4, 0.5) is 0 Å². The number of benzene rings is 4. The molecule has 5 rings (SSSR count). The van der Waals surface area contributed by atoms with Crippen molar-refractivity contribution in [1.29, 1.82) is 0 Å². The molecule has 0 fully saturated rings. The second-order valence-corrected chi connectivity index (χ2v) is 8.06. The lowest BCUT2D eigenvalue weighted by Gasteiger charge is -2.08. The third-order valence-electron chi connectivity index (χ3n) is 5.80. The van der Waals surface area contributed by atoms with Gasteiger partial charge in [-0.25, -0.2) is 0 Å². The van der Waals surface area contributed by atoms with Gasteiger partial charge in [0, 0.05) is 16.8 Å². The Morgan fingerprint density at radius 3 is 2.00 bits per heavy atom. The zero-order valence-electron chi connectivity index (χ0n) is 17.6. The molecule has 0 saturated heterocycles. The van der Waals surface area contributed by atoms with Gasteiger partial charge < -0.3 is 4.98 Å². The van der Waals surface area contributed by atoms with Crippen LogP contribution in [0.2, 0.25) is 0 Å². The summed E-state index contributed by atoms with van der Waals surface area (Å²) >= 11 is 0. The molecule has 0 atom stereocenters. The van der Waals surface area contributed by atoms with E-state index in [1.54, 1.807) is 0 Å². The molecule has 4 aromatic carbocycles. The predicted octanol–water partition coefficient (Wildman–Crippen LogP) is 7.35. The van der Waals surface area contributed by atoms with Gasteiger partial charge in [-0.1, -0.05) is 102 Å². The Hall–Kier alpha value is -3.91. The summed E-state index contributed by atoms with van der Waals surface area (Å²) in [4.78, 5) is 17.2. The molecule has 2 nitrogen and oxygen atoms in total. The molecule has 0 spiro atoms. The summed E-state index contributed by atoms with van der Waals surface area (Å²) in [5, 5.41) is 2.03. The van der Waals surface area contributed by atoms with Crippen LogP contribution in [0.25, 0.3) is 33.2 Å². The molecule has 1 aromatic heterocycles. The standard InChI is InChI=1S/C29H23NO/c1-19-10-14-22(15-11-19)26-18-27(23-16-12-20(2)13-17-23)30-28(26)29(31)25-9-5-7-21-6-3-4-8-24(21)25/h3-18,30H,1-2H3. The molecule has 150 valence electrons. The van der Waals surface area contributed by atoms with E-state index in [2.05, 4.69) is 73.4 Å². The Bertz CT molecular complexity index is 1380. The number of H-pyrrole nitrogens is 1. The Kier molecular flexibility index (Phi) is 4.76. The molecule has 31 heavy (non-hydrogen) atoms. The molecule has 0 amide bonds. The number of fused-ring (bicyclic) bond motifs is 1. The monoisotopic (exact) mass is 401 g/mol. The fourth-order valence-electron chi connectivity index (χ4n) is 4.04. The molecule has 0 aliphatic heterocycles. The Balaban J connectivity index is 1.69. The van der Waals surface area contributed by atoms with E-state index in [0.717, 1.165) is 33.2 Å². The van der Waals surface area contributed by atoms with Crippen LogP contribution in [-0.2, 0) is 0 Å². The largest absolute Gasteiger partial charge is 0.351 e. The van der Waals surface area contributed by atoms with Crippen molar-refractivity contribution in [2.45, 2.75) is 13.8 Å². The lowest BCUT2D eigenvalue weighted by atomic mass is 9.96. The summed E-state index contributed by atoms with van der Waals surface area (Å²) in [5.74, 6) is 0.00531. The molecule has 5 aromatic rings. The van der Waals surface area contributed by atoms with E-state index in [-0.39, 0.29) is 5.78 Å². The van der Waals surface area contributed by atoms with Gasteiger partial charge in [0.15, 0.2) is 0 Å². The minimum atomic E-state index is 0.00531. The van der Waals surface area contributed by atoms with Crippen LogP contribution < -0.4 is 0 Å². The van der Waals surface area contributed by atoms with Crippen LogP contribution >= 0.6 is 0 Å². The van der Waals surface area contributed by atoms with E-state index in [1.165, 1.54) is 11.1 Å². The van der Waals surface area contributed by atoms with Crippen LogP contribution in [0, 0.1) is 13.8 Å². The van der Waals surface area contributed by atoms with Crippen molar-refractivity contribution in [2.24, 2.45) is 0 Å². The van der Waals surface area contributed by atoms with Gasteiger partial charge >= 0.3 is 0 Å². The maximum absolute atomic E-state index is 13.8. The molecule has 2 heteroatoms. The molecule has 0 saturated carbocycles. The number of hydrogen-bond acceptors (Lipinski definition) is 1. The quantitative estimate of drug-likeness (QED) is 0.314. The van der Waals surface area contributed by atoms with Gasteiger partial charge in [-0.3, -0.25) is 4.79 Å². The first-order chi connectivity index (χ1) is 15.1. The first kappa shape index (κ1) is 19.1. The maximum Gasteiger partial charge on any atom is 0.210 e. The zero-order valence-corrected chi connectivity index (χ0v) is 17.6. The molecular formula is C29H23NO. The summed E-state index contributed by atoms with van der Waals surface area (Å²) in [5.41, 5.74) is 7.70. The van der Waals surface area contributed by atoms with Crippen molar-refractivity contribution in [1.82, 2.24) is 4.98 Å². The van der Waals surface area contributed by atoms with Crippen molar-refractivity contribution in [2.75, 3.05) is 0 Å². The van der Waals surface area contributed by atoms with E-state index in [0.29, 0.717) is 11.3 Å². The van der Waals surface area contributed by atoms with Crippen LogP contribution in [0.5, 0.6) is 0 Å². The van der Waals surface area contributed by atoms with Gasteiger partial charge in [-0.2, -0.15) is 0 Å². The lowest BCUT2D eigenvalue weighted by Crippen LogP contribution is -2.04. The van der Waals surface area contributed by atoms with Crippen molar-refractivity contribution in [3.63, 3.8) is 0 Å². The number of rotatable bonds is 4. The van der Waals surface area contributed by atoms with E-state index < -0.39 is 0 Å². The van der Waals surface area contributed by atoms with E-state index >= 15 is 0 Å². The Morgan fingerprint density at radius 2 is 1.29 bits per heavy atom. The van der Waals surface area contributed by atoms with Gasteiger partial charge in [0.05, 0.1) is 5.69 Å². The van der Waals surface area contributed by atoms with E-state index in [4.69, 9.17) is 0 Å². The second-order valence-electron chi connectivity index (χ2n) is 8.06. The molecule has 1 N–H and O–H groups in total. The Morgan fingerprint density at radius 1 is 0.677 bits per heavy atom. The van der Waals surface area contributed by atoms with Crippen LogP contribution in [0.15, 0.2) is 97.1 Å². The molecular weight excluding hydrogens is 378 g/mol. The van der Waals surface area contributed by atoms with E-state index in [9.17, 15) is 4.79 Å². The van der Waals surface area contributed by atoms with Crippen molar-refractivity contribution in [3.8, 4) is 22.4 Å². The average molecular weight is 402 g/mol. The highest BCUT2D eigenvalue weighted by Crippen LogP contribution is 2.33. The smallest absolute Gasteiger partial charge is 0.210 e. The number of nitrogens with one attached hydrogen (secondary N) is 1. The zero-order chi connectivity index (χ0) is 21.4. The molecule has 0 radical (unpaired) electrons. The molecule has 0 unspecified atom stereocenters. The fraction of sp³-hybridized carbons (Fsp3) is 0.0690. The van der Waals surface area contributed by atoms with Gasteiger partial charge in [0.1, 0.15) is 0 Å². The highest BCUT2D eigenvalue weighted by molar-refractivity contribution is 6.18. The van der Waals surface area contributed by atoms with Crippen LogP contribution in [-0.4, -0.2) is 10.8 Å². The molecule has 0 bridgehead atoms. The third-order valence-corrected chi connectivity index (χ3v) is 5.80. The van der Waals surface area contributed by atoms with Gasteiger partial charge in [-0.15, -0.1) is 0 Å². The number of carbonyl (C=O) groups excluding carboxylic acids is 1. The van der Waals surface area contributed by atoms with Gasteiger partial charge in [0.25, 0.3) is 0 Å². The number of aromatic nitrogens is 1. The summed E-state index contributed by atoms with van der Waals surface area (Å²) in [6, 6.07) is 32.7. The average Bonchev–Trinajstić information content (AvgIpc) is 3.24. The minimum Gasteiger partial charge on any atom is -0.351 e. The van der Waals surface area contributed by atoms with Crippen LogP contribution in [0.1, 0.15) is 27.2 Å². The summed E-state index contributed by atoms with van der Waals surface area (Å²) in [6.45, 7) is 4.15. The molecule has 0 aliphatic carbocycles. The maximum atomic E-state index is 13.8. The minimum absolute atomic E-state index is 0.00531. The van der Waals surface area contributed by atoms with Gasteiger partial charge in [0.2, 0.25) is 5.78 Å². The van der Waals surface area contributed by atoms with Crippen molar-refractivity contribution in [3.05, 3.63) is 119 Å². The van der Waals surface area contributed by atoms with Crippen LogP contribution in [0.3, 0.4) is 0 Å². The topological polar surface area (TPSA) is 32.9 Å². The summed E-state index contributed by atoms with van der Waals surface area (Å²) in [7, 11) is 0. The normalized spacial score (nSPS) is 11.0. The predicted molar refractivity (Wildman–Crippen MR) is 129 cm³/mol. The second kappa shape index (κ2) is 7.73. The number of aryl methyl sites for hydroxylation is 2.